The topological polar surface area (TPSA) is 70.8 Å². The first kappa shape index (κ1) is 20.6. The number of likely N-dealkylation sites (tertiary alicyclic amines) is 2. The average molecular weight is 436 g/mol. The number of hydrogen-bond acceptors (Lipinski definition) is 4. The summed E-state index contributed by atoms with van der Waals surface area (Å²) in [6.45, 7) is 2.42. The van der Waals surface area contributed by atoms with Crippen LogP contribution in [-0.2, 0) is 4.79 Å². The predicted octanol–water partition coefficient (Wildman–Crippen LogP) is 3.13. The summed E-state index contributed by atoms with van der Waals surface area (Å²) in [7, 11) is 0. The molecule has 32 heavy (non-hydrogen) atoms. The van der Waals surface area contributed by atoms with Gasteiger partial charge in [0.2, 0.25) is 5.91 Å². The Balaban J connectivity index is 1.20. The van der Waals surface area contributed by atoms with Crippen molar-refractivity contribution in [1.29, 1.82) is 0 Å². The van der Waals surface area contributed by atoms with Crippen molar-refractivity contribution in [3.63, 3.8) is 0 Å². The van der Waals surface area contributed by atoms with Crippen molar-refractivity contribution < 1.29 is 14.0 Å². The molecule has 5 rings (SSSR count). The van der Waals surface area contributed by atoms with E-state index in [-0.39, 0.29) is 29.5 Å². The Hall–Kier alpha value is -3.29. The molecule has 2 aliphatic heterocycles. The van der Waals surface area contributed by atoms with Crippen LogP contribution >= 0.6 is 0 Å². The largest absolute Gasteiger partial charge is 0.342 e. The van der Waals surface area contributed by atoms with Gasteiger partial charge < -0.3 is 9.80 Å². The molecule has 4 heterocycles. The first-order chi connectivity index (χ1) is 15.6. The summed E-state index contributed by atoms with van der Waals surface area (Å²) in [5.74, 6) is 0.682. The first-order valence-corrected chi connectivity index (χ1v) is 11.2. The van der Waals surface area contributed by atoms with Crippen molar-refractivity contribution in [3.8, 4) is 0 Å². The molecule has 2 amide bonds. The number of hydrogen-bond donors (Lipinski definition) is 0. The normalized spacial score (nSPS) is 20.0. The Morgan fingerprint density at radius 1 is 0.906 bits per heavy atom. The molecule has 0 radical (unpaired) electrons. The highest BCUT2D eigenvalue weighted by Gasteiger charge is 2.34. The van der Waals surface area contributed by atoms with E-state index < -0.39 is 0 Å². The molecule has 8 heteroatoms. The number of carbonyl (C=O) groups is 2. The third-order valence-electron chi connectivity index (χ3n) is 6.66. The number of halogens is 1. The minimum atomic E-state index is -0.365. The Morgan fingerprint density at radius 3 is 2.47 bits per heavy atom. The van der Waals surface area contributed by atoms with Crippen LogP contribution < -0.4 is 0 Å². The summed E-state index contributed by atoms with van der Waals surface area (Å²) >= 11 is 0. The lowest BCUT2D eigenvalue weighted by Gasteiger charge is -2.37. The van der Waals surface area contributed by atoms with Crippen molar-refractivity contribution in [2.45, 2.75) is 31.6 Å². The van der Waals surface area contributed by atoms with Gasteiger partial charge >= 0.3 is 0 Å². The molecule has 0 spiro atoms. The first-order valence-electron chi connectivity index (χ1n) is 11.2. The van der Waals surface area contributed by atoms with Gasteiger partial charge in [0.25, 0.3) is 5.91 Å². The summed E-state index contributed by atoms with van der Waals surface area (Å²) < 4.78 is 15.2. The molecule has 7 nitrogen and oxygen atoms in total. The number of piperidine rings is 2. The van der Waals surface area contributed by atoms with Crippen LogP contribution in [0.4, 0.5) is 4.39 Å². The molecule has 2 aliphatic rings. The van der Waals surface area contributed by atoms with Gasteiger partial charge in [-0.3, -0.25) is 14.0 Å². The Bertz CT molecular complexity index is 1120. The summed E-state index contributed by atoms with van der Waals surface area (Å²) in [6, 6.07) is 11.5. The molecule has 0 saturated carbocycles. The van der Waals surface area contributed by atoms with Crippen molar-refractivity contribution >= 4 is 17.5 Å². The number of carbonyl (C=O) groups excluding carboxylic acids is 2. The number of aromatic nitrogens is 3. The van der Waals surface area contributed by atoms with Crippen molar-refractivity contribution in [3.05, 3.63) is 65.9 Å². The van der Waals surface area contributed by atoms with Crippen LogP contribution in [0.25, 0.3) is 5.65 Å². The van der Waals surface area contributed by atoms with E-state index in [2.05, 4.69) is 10.2 Å². The number of pyridine rings is 1. The minimum absolute atomic E-state index is 0.131. The van der Waals surface area contributed by atoms with Crippen LogP contribution in [0.15, 0.2) is 48.7 Å². The molecule has 0 aliphatic carbocycles. The van der Waals surface area contributed by atoms with E-state index in [9.17, 15) is 14.0 Å². The maximum absolute atomic E-state index is 13.2. The fourth-order valence-electron chi connectivity index (χ4n) is 4.89. The smallest absolute Gasteiger partial charge is 0.253 e. The second-order valence-corrected chi connectivity index (χ2v) is 8.68. The lowest BCUT2D eigenvalue weighted by Crippen LogP contribution is -2.48. The summed E-state index contributed by atoms with van der Waals surface area (Å²) in [4.78, 5) is 29.7. The quantitative estimate of drug-likeness (QED) is 0.634. The van der Waals surface area contributed by atoms with Crippen LogP contribution in [0, 0.1) is 11.7 Å². The van der Waals surface area contributed by atoms with Gasteiger partial charge in [-0.25, -0.2) is 4.39 Å². The summed E-state index contributed by atoms with van der Waals surface area (Å²) in [6.07, 6.45) is 5.28. The van der Waals surface area contributed by atoms with Crippen molar-refractivity contribution in [2.24, 2.45) is 5.92 Å². The van der Waals surface area contributed by atoms with Gasteiger partial charge in [-0.1, -0.05) is 6.07 Å². The van der Waals surface area contributed by atoms with E-state index in [0.29, 0.717) is 31.7 Å². The van der Waals surface area contributed by atoms with E-state index in [1.807, 2.05) is 33.7 Å². The number of rotatable bonds is 3. The highest BCUT2D eigenvalue weighted by molar-refractivity contribution is 5.94. The zero-order chi connectivity index (χ0) is 22.1. The van der Waals surface area contributed by atoms with E-state index in [1.54, 1.807) is 4.90 Å². The number of nitrogens with zero attached hydrogens (tertiary/aromatic N) is 5. The molecule has 0 bridgehead atoms. The molecule has 3 aromatic rings. The maximum atomic E-state index is 13.2. The van der Waals surface area contributed by atoms with Gasteiger partial charge in [-0.2, -0.15) is 0 Å². The molecular weight excluding hydrogens is 409 g/mol. The van der Waals surface area contributed by atoms with E-state index >= 15 is 0 Å². The summed E-state index contributed by atoms with van der Waals surface area (Å²) in [5, 5.41) is 8.63. The van der Waals surface area contributed by atoms with Gasteiger partial charge in [0.15, 0.2) is 5.65 Å². The van der Waals surface area contributed by atoms with Crippen LogP contribution in [0.3, 0.4) is 0 Å². The fourth-order valence-corrected chi connectivity index (χ4v) is 4.89. The minimum Gasteiger partial charge on any atom is -0.342 e. The van der Waals surface area contributed by atoms with Crippen LogP contribution in [0.2, 0.25) is 0 Å². The zero-order valence-corrected chi connectivity index (χ0v) is 17.9. The molecule has 0 N–H and O–H groups in total. The van der Waals surface area contributed by atoms with Crippen molar-refractivity contribution in [2.75, 3.05) is 26.2 Å². The van der Waals surface area contributed by atoms with Gasteiger partial charge in [0.1, 0.15) is 11.6 Å². The zero-order valence-electron chi connectivity index (χ0n) is 17.9. The summed E-state index contributed by atoms with van der Waals surface area (Å²) in [5.41, 5.74) is 1.30. The van der Waals surface area contributed by atoms with Crippen LogP contribution in [0.1, 0.15) is 47.8 Å². The maximum Gasteiger partial charge on any atom is 0.253 e. The number of amides is 2. The molecular formula is C24H26FN5O2. The number of fused-ring (bicyclic) bond motifs is 1. The molecule has 2 fully saturated rings. The molecule has 2 saturated heterocycles. The fraction of sp³-hybridized carbons (Fsp3) is 0.417. The molecule has 0 unspecified atom stereocenters. The molecule has 166 valence electrons. The lowest BCUT2D eigenvalue weighted by atomic mass is 9.92. The highest BCUT2D eigenvalue weighted by Crippen LogP contribution is 2.29. The van der Waals surface area contributed by atoms with Crippen LogP contribution in [-0.4, -0.2) is 62.4 Å². The Morgan fingerprint density at radius 2 is 1.69 bits per heavy atom. The second kappa shape index (κ2) is 8.68. The SMILES string of the molecule is O=C(c1ccc(F)cc1)N1CCC[C@@H](C(=O)N2CCC(c3nnc4ccccn34)CC2)C1. The molecule has 1 atom stereocenters. The average Bonchev–Trinajstić information content (AvgIpc) is 3.28. The van der Waals surface area contributed by atoms with Crippen molar-refractivity contribution in [1.82, 2.24) is 24.4 Å². The monoisotopic (exact) mass is 435 g/mol. The Labute approximate surface area is 185 Å². The van der Waals surface area contributed by atoms with Gasteiger partial charge in [0, 0.05) is 43.9 Å². The highest BCUT2D eigenvalue weighted by atomic mass is 19.1. The van der Waals surface area contributed by atoms with E-state index in [1.165, 1.54) is 24.3 Å². The van der Waals surface area contributed by atoms with E-state index in [4.69, 9.17) is 0 Å². The van der Waals surface area contributed by atoms with Crippen LogP contribution in [0.5, 0.6) is 0 Å². The van der Waals surface area contributed by atoms with Gasteiger partial charge in [-0.05, 0) is 62.1 Å². The van der Waals surface area contributed by atoms with Gasteiger partial charge in [0.05, 0.1) is 5.92 Å². The number of benzene rings is 1. The molecule has 2 aromatic heterocycles. The van der Waals surface area contributed by atoms with E-state index in [0.717, 1.165) is 37.2 Å². The predicted molar refractivity (Wildman–Crippen MR) is 117 cm³/mol. The second-order valence-electron chi connectivity index (χ2n) is 8.68. The Kier molecular flexibility index (Phi) is 5.59. The third-order valence-corrected chi connectivity index (χ3v) is 6.66. The lowest BCUT2D eigenvalue weighted by molar-refractivity contribution is -0.138. The third kappa shape index (κ3) is 3.97. The molecule has 1 aromatic carbocycles. The van der Waals surface area contributed by atoms with Gasteiger partial charge in [-0.15, -0.1) is 10.2 Å². The standard InChI is InChI=1S/C24H26FN5O2/c25-20-8-6-18(7-9-20)23(31)29-12-3-4-19(16-29)24(32)28-14-10-17(11-15-28)22-27-26-21-5-1-2-13-30(21)22/h1-2,5-9,13,17,19H,3-4,10-12,14-16H2/t19-/m1/s1.